The van der Waals surface area contributed by atoms with Gasteiger partial charge in [0.2, 0.25) is 0 Å². The van der Waals surface area contributed by atoms with Gasteiger partial charge in [-0.15, -0.1) is 0 Å². The lowest BCUT2D eigenvalue weighted by Gasteiger charge is -1.96. The Labute approximate surface area is 69.6 Å². The Bertz CT molecular complexity index is 269. The lowest BCUT2D eigenvalue weighted by atomic mass is 10.4. The van der Waals surface area contributed by atoms with Gasteiger partial charge in [-0.2, -0.15) is 5.10 Å². The molecule has 0 unspecified atom stereocenters. The molecule has 66 valence electrons. The smallest absolute Gasteiger partial charge is 0.329 e. The summed E-state index contributed by atoms with van der Waals surface area (Å²) in [6.07, 6.45) is 3.42. The third-order valence-electron chi connectivity index (χ3n) is 1.25. The van der Waals surface area contributed by atoms with Crippen molar-refractivity contribution >= 4 is 5.97 Å². The highest BCUT2D eigenvalue weighted by atomic mass is 16.5. The van der Waals surface area contributed by atoms with Crippen molar-refractivity contribution in [1.29, 1.82) is 0 Å². The van der Waals surface area contributed by atoms with Crippen LogP contribution in [0.25, 0.3) is 0 Å². The van der Waals surface area contributed by atoms with E-state index in [0.717, 1.165) is 5.56 Å². The van der Waals surface area contributed by atoms with Crippen molar-refractivity contribution in [3.05, 3.63) is 18.0 Å². The van der Waals surface area contributed by atoms with Crippen LogP contribution in [0.5, 0.6) is 0 Å². The molecule has 5 heteroatoms. The average molecular weight is 170 g/mol. The van der Waals surface area contributed by atoms with Crippen LogP contribution in [0.15, 0.2) is 12.4 Å². The predicted octanol–water partition coefficient (Wildman–Crippen LogP) is 0.0213. The van der Waals surface area contributed by atoms with Crippen LogP contribution in [0.1, 0.15) is 5.56 Å². The van der Waals surface area contributed by atoms with E-state index in [1.54, 1.807) is 24.1 Å². The fourth-order valence-electron chi connectivity index (χ4n) is 0.803. The van der Waals surface area contributed by atoms with Crippen LogP contribution in [0.4, 0.5) is 0 Å². The molecular formula is C7H10N2O3. The van der Waals surface area contributed by atoms with Crippen molar-refractivity contribution in [2.75, 3.05) is 6.61 Å². The first-order valence-electron chi connectivity index (χ1n) is 3.45. The molecule has 1 aromatic heterocycles. The Morgan fingerprint density at radius 3 is 3.08 bits per heavy atom. The molecule has 1 rings (SSSR count). The number of carboxylic acid groups (broad SMARTS) is 1. The van der Waals surface area contributed by atoms with E-state index in [1.807, 2.05) is 0 Å². The van der Waals surface area contributed by atoms with E-state index in [1.165, 1.54) is 0 Å². The van der Waals surface area contributed by atoms with Crippen LogP contribution in [0.3, 0.4) is 0 Å². The fourth-order valence-corrected chi connectivity index (χ4v) is 0.803. The van der Waals surface area contributed by atoms with Gasteiger partial charge in [0.25, 0.3) is 0 Å². The Hall–Kier alpha value is -1.36. The molecule has 0 fully saturated rings. The Kier molecular flexibility index (Phi) is 2.82. The van der Waals surface area contributed by atoms with Crippen molar-refractivity contribution < 1.29 is 14.6 Å². The molecule has 0 aliphatic carbocycles. The highest BCUT2D eigenvalue weighted by molar-refractivity contribution is 5.67. The molecule has 0 saturated heterocycles. The van der Waals surface area contributed by atoms with Gasteiger partial charge in [0.15, 0.2) is 0 Å². The number of carboxylic acids is 1. The molecule has 0 aliphatic heterocycles. The maximum atomic E-state index is 10.0. The molecule has 0 atom stereocenters. The van der Waals surface area contributed by atoms with Gasteiger partial charge < -0.3 is 9.84 Å². The van der Waals surface area contributed by atoms with Gasteiger partial charge in [-0.3, -0.25) is 4.68 Å². The van der Waals surface area contributed by atoms with Crippen LogP contribution in [0, 0.1) is 0 Å². The normalized spacial score (nSPS) is 10.1. The zero-order valence-electron chi connectivity index (χ0n) is 6.73. The van der Waals surface area contributed by atoms with Gasteiger partial charge in [-0.05, 0) is 0 Å². The molecule has 5 nitrogen and oxygen atoms in total. The van der Waals surface area contributed by atoms with Crippen molar-refractivity contribution in [3.63, 3.8) is 0 Å². The molecule has 0 aromatic carbocycles. The van der Waals surface area contributed by atoms with Crippen molar-refractivity contribution in [2.24, 2.45) is 7.05 Å². The second-order valence-electron chi connectivity index (χ2n) is 2.41. The van der Waals surface area contributed by atoms with Crippen LogP contribution < -0.4 is 0 Å². The lowest BCUT2D eigenvalue weighted by Crippen LogP contribution is -2.06. The minimum absolute atomic E-state index is 0.269. The number of aromatic nitrogens is 2. The summed E-state index contributed by atoms with van der Waals surface area (Å²) in [5.74, 6) is -0.959. The summed E-state index contributed by atoms with van der Waals surface area (Å²) in [5.41, 5.74) is 0.874. The molecular weight excluding hydrogens is 160 g/mol. The SMILES string of the molecule is Cn1cc(COCC(=O)O)cn1. The summed E-state index contributed by atoms with van der Waals surface area (Å²) >= 11 is 0. The number of nitrogens with zero attached hydrogens (tertiary/aromatic N) is 2. The molecule has 0 saturated carbocycles. The van der Waals surface area contributed by atoms with E-state index in [-0.39, 0.29) is 6.61 Å². The van der Waals surface area contributed by atoms with Gasteiger partial charge in [-0.25, -0.2) is 4.79 Å². The van der Waals surface area contributed by atoms with Crippen LogP contribution in [-0.4, -0.2) is 27.5 Å². The van der Waals surface area contributed by atoms with Crippen molar-refractivity contribution in [2.45, 2.75) is 6.61 Å². The zero-order chi connectivity index (χ0) is 8.97. The van der Waals surface area contributed by atoms with Gasteiger partial charge >= 0.3 is 5.97 Å². The molecule has 0 bridgehead atoms. The van der Waals surface area contributed by atoms with Crippen molar-refractivity contribution in [3.8, 4) is 0 Å². The summed E-state index contributed by atoms with van der Waals surface area (Å²) in [7, 11) is 1.79. The van der Waals surface area contributed by atoms with Crippen LogP contribution in [0.2, 0.25) is 0 Å². The van der Waals surface area contributed by atoms with E-state index in [4.69, 9.17) is 9.84 Å². The van der Waals surface area contributed by atoms with Crippen molar-refractivity contribution in [1.82, 2.24) is 9.78 Å². The standard InChI is InChI=1S/C7H10N2O3/c1-9-3-6(2-8-9)4-12-5-7(10)11/h2-3H,4-5H2,1H3,(H,10,11). The molecule has 0 amide bonds. The minimum atomic E-state index is -0.959. The van der Waals surface area contributed by atoms with Gasteiger partial charge in [0.1, 0.15) is 6.61 Å². The quantitative estimate of drug-likeness (QED) is 0.691. The van der Waals surface area contributed by atoms with Gasteiger partial charge in [0, 0.05) is 18.8 Å². The topological polar surface area (TPSA) is 64.3 Å². The van der Waals surface area contributed by atoms with E-state index in [0.29, 0.717) is 6.61 Å². The monoisotopic (exact) mass is 170 g/mol. The summed E-state index contributed by atoms with van der Waals surface area (Å²) in [6, 6.07) is 0. The zero-order valence-corrected chi connectivity index (χ0v) is 6.73. The summed E-state index contributed by atoms with van der Waals surface area (Å²) in [4.78, 5) is 10.0. The van der Waals surface area contributed by atoms with E-state index >= 15 is 0 Å². The predicted molar refractivity (Wildman–Crippen MR) is 40.5 cm³/mol. The Balaban J connectivity index is 2.29. The number of hydrogen-bond acceptors (Lipinski definition) is 3. The molecule has 0 spiro atoms. The number of hydrogen-bond donors (Lipinski definition) is 1. The average Bonchev–Trinajstić information content (AvgIpc) is 2.35. The molecule has 1 aromatic rings. The maximum absolute atomic E-state index is 10.0. The maximum Gasteiger partial charge on any atom is 0.329 e. The van der Waals surface area contributed by atoms with E-state index in [9.17, 15) is 4.79 Å². The van der Waals surface area contributed by atoms with Crippen LogP contribution >= 0.6 is 0 Å². The van der Waals surface area contributed by atoms with Gasteiger partial charge in [-0.1, -0.05) is 0 Å². The molecule has 1 N–H and O–H groups in total. The minimum Gasteiger partial charge on any atom is -0.480 e. The van der Waals surface area contributed by atoms with E-state index in [2.05, 4.69) is 5.10 Å². The number of aryl methyl sites for hydroxylation is 1. The number of carbonyl (C=O) groups is 1. The molecule has 12 heavy (non-hydrogen) atoms. The molecule has 0 radical (unpaired) electrons. The highest BCUT2D eigenvalue weighted by Gasteiger charge is 1.98. The summed E-state index contributed by atoms with van der Waals surface area (Å²) in [5, 5.41) is 12.2. The molecule has 0 aliphatic rings. The summed E-state index contributed by atoms with van der Waals surface area (Å²) in [6.45, 7) is 0.0229. The first-order valence-corrected chi connectivity index (χ1v) is 3.45. The van der Waals surface area contributed by atoms with E-state index < -0.39 is 5.97 Å². The number of ether oxygens (including phenoxy) is 1. The second-order valence-corrected chi connectivity index (χ2v) is 2.41. The first kappa shape index (κ1) is 8.73. The van der Waals surface area contributed by atoms with Crippen LogP contribution in [-0.2, 0) is 23.2 Å². The third-order valence-corrected chi connectivity index (χ3v) is 1.25. The highest BCUT2D eigenvalue weighted by Crippen LogP contribution is 1.97. The third kappa shape index (κ3) is 2.71. The fraction of sp³-hybridized carbons (Fsp3) is 0.429. The largest absolute Gasteiger partial charge is 0.480 e. The summed E-state index contributed by atoms with van der Waals surface area (Å²) < 4.78 is 6.48. The first-order chi connectivity index (χ1) is 5.68. The molecule has 1 heterocycles. The van der Waals surface area contributed by atoms with Gasteiger partial charge in [0.05, 0.1) is 12.8 Å². The Morgan fingerprint density at radius 1 is 1.83 bits per heavy atom. The second kappa shape index (κ2) is 3.87. The number of rotatable bonds is 4. The Morgan fingerprint density at radius 2 is 2.58 bits per heavy atom. The lowest BCUT2D eigenvalue weighted by molar-refractivity contribution is -0.142. The number of aliphatic carboxylic acids is 1.